The van der Waals surface area contributed by atoms with Crippen LogP contribution in [0, 0.1) is 6.92 Å². The van der Waals surface area contributed by atoms with Gasteiger partial charge in [0.15, 0.2) is 5.96 Å². The van der Waals surface area contributed by atoms with Crippen LogP contribution in [0.5, 0.6) is 0 Å². The summed E-state index contributed by atoms with van der Waals surface area (Å²) < 4.78 is 0. The number of aryl methyl sites for hydroxylation is 1. The van der Waals surface area contributed by atoms with Crippen molar-refractivity contribution in [2.24, 2.45) is 4.99 Å². The van der Waals surface area contributed by atoms with Crippen molar-refractivity contribution < 1.29 is 4.79 Å². The first-order valence-corrected chi connectivity index (χ1v) is 9.17. The first-order chi connectivity index (χ1) is 12.1. The van der Waals surface area contributed by atoms with Crippen LogP contribution in [-0.2, 0) is 0 Å². The summed E-state index contributed by atoms with van der Waals surface area (Å²) in [6, 6.07) is 10.4. The summed E-state index contributed by atoms with van der Waals surface area (Å²) in [5.74, 6) is 1.03. The van der Waals surface area contributed by atoms with Gasteiger partial charge in [0.2, 0.25) is 0 Å². The Morgan fingerprint density at radius 3 is 2.50 bits per heavy atom. The number of halogens is 1. The van der Waals surface area contributed by atoms with Crippen LogP contribution in [0.25, 0.3) is 0 Å². The Morgan fingerprint density at radius 2 is 1.88 bits per heavy atom. The van der Waals surface area contributed by atoms with Crippen molar-refractivity contribution >= 4 is 47.2 Å². The van der Waals surface area contributed by atoms with Crippen molar-refractivity contribution in [3.8, 4) is 0 Å². The standard InChI is InChI=1S/C18H25N5OS.HI/c1-13(15-7-5-4-6-8-15)11-22-18(19-3)21-10-9-20-17(24)16-14(2)23-12-25-16;/h4-8,12-13H,9-11H2,1-3H3,(H,20,24)(H2,19,21,22);1H. The van der Waals surface area contributed by atoms with Crippen molar-refractivity contribution in [1.29, 1.82) is 0 Å². The number of carbonyl (C=O) groups excluding carboxylic acids is 1. The first kappa shape index (κ1) is 22.4. The maximum atomic E-state index is 12.0. The average Bonchev–Trinajstić information content (AvgIpc) is 3.07. The van der Waals surface area contributed by atoms with E-state index in [1.165, 1.54) is 16.9 Å². The molecular weight excluding hydrogens is 461 g/mol. The topological polar surface area (TPSA) is 78.4 Å². The molecule has 1 aromatic carbocycles. The van der Waals surface area contributed by atoms with Crippen molar-refractivity contribution in [1.82, 2.24) is 20.9 Å². The van der Waals surface area contributed by atoms with Gasteiger partial charge in [-0.1, -0.05) is 37.3 Å². The lowest BCUT2D eigenvalue weighted by Gasteiger charge is -2.16. The first-order valence-electron chi connectivity index (χ1n) is 8.29. The normalized spacial score (nSPS) is 12.0. The van der Waals surface area contributed by atoms with Gasteiger partial charge in [0.05, 0.1) is 11.2 Å². The molecule has 0 aliphatic carbocycles. The van der Waals surface area contributed by atoms with Crippen LogP contribution in [-0.4, -0.2) is 43.5 Å². The van der Waals surface area contributed by atoms with E-state index in [-0.39, 0.29) is 29.9 Å². The van der Waals surface area contributed by atoms with Crippen molar-refractivity contribution in [2.75, 3.05) is 26.7 Å². The lowest BCUT2D eigenvalue weighted by atomic mass is 10.0. The fraction of sp³-hybridized carbons (Fsp3) is 0.389. The molecule has 26 heavy (non-hydrogen) atoms. The Morgan fingerprint density at radius 1 is 1.19 bits per heavy atom. The quantitative estimate of drug-likeness (QED) is 0.243. The molecule has 0 aliphatic heterocycles. The Hall–Kier alpha value is -1.68. The molecule has 1 heterocycles. The summed E-state index contributed by atoms with van der Waals surface area (Å²) >= 11 is 1.36. The predicted octanol–water partition coefficient (Wildman–Crippen LogP) is 2.77. The van der Waals surface area contributed by atoms with E-state index in [0.29, 0.717) is 23.9 Å². The maximum absolute atomic E-state index is 12.0. The predicted molar refractivity (Wildman–Crippen MR) is 119 cm³/mol. The second kappa shape index (κ2) is 11.8. The molecule has 2 aromatic rings. The highest BCUT2D eigenvalue weighted by molar-refractivity contribution is 14.0. The van der Waals surface area contributed by atoms with Crippen LogP contribution in [0.3, 0.4) is 0 Å². The van der Waals surface area contributed by atoms with E-state index in [1.807, 2.05) is 25.1 Å². The van der Waals surface area contributed by atoms with Gasteiger partial charge in [-0.05, 0) is 18.4 Å². The minimum Gasteiger partial charge on any atom is -0.356 e. The highest BCUT2D eigenvalue weighted by Gasteiger charge is 2.11. The number of aliphatic imine (C=N–C) groups is 1. The monoisotopic (exact) mass is 487 g/mol. The van der Waals surface area contributed by atoms with Crippen molar-refractivity contribution in [3.05, 3.63) is 52.0 Å². The molecule has 0 radical (unpaired) electrons. The molecule has 142 valence electrons. The zero-order valence-corrected chi connectivity index (χ0v) is 18.4. The Labute approximate surface area is 175 Å². The molecule has 8 heteroatoms. The third kappa shape index (κ3) is 6.91. The second-order valence-corrected chi connectivity index (χ2v) is 6.57. The average molecular weight is 487 g/mol. The molecule has 1 unspecified atom stereocenters. The van der Waals surface area contributed by atoms with Crippen LogP contribution in [0.2, 0.25) is 0 Å². The summed E-state index contributed by atoms with van der Waals surface area (Å²) in [6.45, 7) is 5.92. The van der Waals surface area contributed by atoms with Gasteiger partial charge >= 0.3 is 0 Å². The van der Waals surface area contributed by atoms with Crippen LogP contribution < -0.4 is 16.0 Å². The molecule has 1 atom stereocenters. The SMILES string of the molecule is CN=C(NCCNC(=O)c1scnc1C)NCC(C)c1ccccc1.I. The Kier molecular flexibility index (Phi) is 10.2. The molecular formula is C18H26IN5OS. The minimum absolute atomic E-state index is 0. The number of guanidine groups is 1. The Balaban J connectivity index is 0.00000338. The third-order valence-corrected chi connectivity index (χ3v) is 4.75. The summed E-state index contributed by atoms with van der Waals surface area (Å²) in [5.41, 5.74) is 3.74. The number of hydrogen-bond donors (Lipinski definition) is 3. The molecule has 1 aromatic heterocycles. The number of nitrogens with zero attached hydrogens (tertiary/aromatic N) is 2. The van der Waals surface area contributed by atoms with Crippen LogP contribution >= 0.6 is 35.3 Å². The molecule has 1 amide bonds. The number of benzene rings is 1. The number of carbonyl (C=O) groups is 1. The number of nitrogens with one attached hydrogen (secondary N) is 3. The number of rotatable bonds is 7. The highest BCUT2D eigenvalue weighted by Crippen LogP contribution is 2.13. The number of hydrogen-bond acceptors (Lipinski definition) is 4. The number of aromatic nitrogens is 1. The van der Waals surface area contributed by atoms with Crippen LogP contribution in [0.15, 0.2) is 40.8 Å². The molecule has 0 spiro atoms. The van der Waals surface area contributed by atoms with Crippen LogP contribution in [0.4, 0.5) is 0 Å². The Bertz CT molecular complexity index is 705. The van der Waals surface area contributed by atoms with Crippen molar-refractivity contribution in [2.45, 2.75) is 19.8 Å². The van der Waals surface area contributed by atoms with Gasteiger partial charge in [0, 0.05) is 26.7 Å². The fourth-order valence-electron chi connectivity index (χ4n) is 2.33. The van der Waals surface area contributed by atoms with E-state index < -0.39 is 0 Å². The molecule has 3 N–H and O–H groups in total. The van der Waals surface area contributed by atoms with Crippen LogP contribution in [0.1, 0.15) is 33.8 Å². The molecule has 2 rings (SSSR count). The smallest absolute Gasteiger partial charge is 0.263 e. The zero-order valence-electron chi connectivity index (χ0n) is 15.3. The molecule has 0 saturated heterocycles. The molecule has 0 saturated carbocycles. The van der Waals surface area contributed by atoms with Gasteiger partial charge in [-0.3, -0.25) is 9.79 Å². The molecule has 6 nitrogen and oxygen atoms in total. The highest BCUT2D eigenvalue weighted by atomic mass is 127. The number of thiazole rings is 1. The van der Waals surface area contributed by atoms with Gasteiger partial charge in [-0.15, -0.1) is 35.3 Å². The summed E-state index contributed by atoms with van der Waals surface area (Å²) in [6.07, 6.45) is 0. The lowest BCUT2D eigenvalue weighted by molar-refractivity contribution is 0.0957. The van der Waals surface area contributed by atoms with E-state index >= 15 is 0 Å². The minimum atomic E-state index is -0.0811. The summed E-state index contributed by atoms with van der Waals surface area (Å²) in [4.78, 5) is 21.0. The zero-order chi connectivity index (χ0) is 18.1. The van der Waals surface area contributed by atoms with E-state index in [4.69, 9.17) is 0 Å². The van der Waals surface area contributed by atoms with Gasteiger partial charge in [0.25, 0.3) is 5.91 Å². The second-order valence-electron chi connectivity index (χ2n) is 5.71. The summed E-state index contributed by atoms with van der Waals surface area (Å²) in [7, 11) is 1.74. The number of amides is 1. The van der Waals surface area contributed by atoms with Gasteiger partial charge in [-0.2, -0.15) is 0 Å². The lowest BCUT2D eigenvalue weighted by Crippen LogP contribution is -2.42. The van der Waals surface area contributed by atoms with E-state index in [2.05, 4.69) is 45.0 Å². The van der Waals surface area contributed by atoms with E-state index in [0.717, 1.165) is 18.2 Å². The fourth-order valence-corrected chi connectivity index (χ4v) is 3.05. The van der Waals surface area contributed by atoms with E-state index in [1.54, 1.807) is 12.6 Å². The summed E-state index contributed by atoms with van der Waals surface area (Å²) in [5, 5.41) is 9.40. The van der Waals surface area contributed by atoms with Gasteiger partial charge in [0.1, 0.15) is 4.88 Å². The van der Waals surface area contributed by atoms with E-state index in [9.17, 15) is 4.79 Å². The molecule has 0 aliphatic rings. The van der Waals surface area contributed by atoms with Gasteiger partial charge in [-0.25, -0.2) is 4.98 Å². The largest absolute Gasteiger partial charge is 0.356 e. The third-order valence-electron chi connectivity index (χ3n) is 3.82. The van der Waals surface area contributed by atoms with Gasteiger partial charge < -0.3 is 16.0 Å². The van der Waals surface area contributed by atoms with Crippen molar-refractivity contribution in [3.63, 3.8) is 0 Å². The maximum Gasteiger partial charge on any atom is 0.263 e. The molecule has 0 fully saturated rings. The molecule has 0 bridgehead atoms.